The molecule has 170 valence electrons. The van der Waals surface area contributed by atoms with E-state index in [0.717, 1.165) is 6.20 Å². The molecule has 3 aromatic rings. The monoisotopic (exact) mass is 513 g/mol. The molecule has 0 amide bonds. The number of sulfone groups is 1. The molecule has 0 aliphatic rings. The van der Waals surface area contributed by atoms with Crippen LogP contribution in [0.5, 0.6) is 11.6 Å². The van der Waals surface area contributed by atoms with Crippen molar-refractivity contribution < 1.29 is 26.3 Å². The number of benzene rings is 2. The van der Waals surface area contributed by atoms with Gasteiger partial charge in [-0.25, -0.2) is 13.4 Å². The minimum Gasteiger partial charge on any atom is -0.438 e. The number of nitriles is 1. The average Bonchev–Trinajstić information content (AvgIpc) is 2.76. The van der Waals surface area contributed by atoms with Crippen molar-refractivity contribution >= 4 is 38.7 Å². The summed E-state index contributed by atoms with van der Waals surface area (Å²) in [6.45, 7) is 0. The van der Waals surface area contributed by atoms with Gasteiger partial charge in [0.1, 0.15) is 16.8 Å². The van der Waals surface area contributed by atoms with Gasteiger partial charge in [-0.15, -0.1) is 0 Å². The SMILES string of the molecule is N#C/C(=C/Nc1ccc(Oc2ncc(C(F)(F)F)cc2Cl)cc1)S(=O)(=O)c1ccc(Cl)cc1. The third kappa shape index (κ3) is 5.96. The summed E-state index contributed by atoms with van der Waals surface area (Å²) in [5, 5.41) is 12.0. The van der Waals surface area contributed by atoms with Gasteiger partial charge in [-0.1, -0.05) is 23.2 Å². The smallest absolute Gasteiger partial charge is 0.417 e. The van der Waals surface area contributed by atoms with Crippen molar-refractivity contribution in [2.24, 2.45) is 0 Å². The van der Waals surface area contributed by atoms with Gasteiger partial charge in [-0.05, 0) is 54.6 Å². The zero-order valence-electron chi connectivity index (χ0n) is 16.3. The van der Waals surface area contributed by atoms with Gasteiger partial charge in [0.25, 0.3) is 0 Å². The molecular weight excluding hydrogens is 502 g/mol. The summed E-state index contributed by atoms with van der Waals surface area (Å²) in [7, 11) is -4.05. The molecule has 1 heterocycles. The number of alkyl halides is 3. The maximum atomic E-state index is 12.7. The molecule has 0 aliphatic heterocycles. The summed E-state index contributed by atoms with van der Waals surface area (Å²) in [6.07, 6.45) is -2.94. The zero-order chi connectivity index (χ0) is 24.2. The lowest BCUT2D eigenvalue weighted by Crippen LogP contribution is -2.06. The molecule has 0 atom stereocenters. The molecule has 0 radical (unpaired) electrons. The van der Waals surface area contributed by atoms with E-state index in [9.17, 15) is 26.9 Å². The quantitative estimate of drug-likeness (QED) is 0.380. The second-order valence-corrected chi connectivity index (χ2v) is 9.12. The third-order valence-corrected chi connectivity index (χ3v) is 6.30. The second-order valence-electron chi connectivity index (χ2n) is 6.36. The first-order chi connectivity index (χ1) is 15.5. The van der Waals surface area contributed by atoms with E-state index in [1.165, 1.54) is 48.5 Å². The van der Waals surface area contributed by atoms with Gasteiger partial charge in [0.2, 0.25) is 15.7 Å². The van der Waals surface area contributed by atoms with Crippen molar-refractivity contribution in [1.29, 1.82) is 5.26 Å². The molecule has 1 N–H and O–H groups in total. The Balaban J connectivity index is 1.73. The van der Waals surface area contributed by atoms with Crippen LogP contribution in [0.2, 0.25) is 10.0 Å². The molecule has 1 aromatic heterocycles. The lowest BCUT2D eigenvalue weighted by Gasteiger charge is -2.10. The van der Waals surface area contributed by atoms with E-state index in [1.807, 2.05) is 0 Å². The van der Waals surface area contributed by atoms with Crippen LogP contribution in [-0.4, -0.2) is 13.4 Å². The van der Waals surface area contributed by atoms with Crippen LogP contribution in [0.3, 0.4) is 0 Å². The fourth-order valence-corrected chi connectivity index (χ4v) is 3.86. The van der Waals surface area contributed by atoms with Gasteiger partial charge >= 0.3 is 6.18 Å². The highest BCUT2D eigenvalue weighted by Crippen LogP contribution is 2.34. The second kappa shape index (κ2) is 9.70. The predicted molar refractivity (Wildman–Crippen MR) is 117 cm³/mol. The number of halogens is 5. The molecular formula is C21H12Cl2F3N3O3S. The van der Waals surface area contributed by atoms with Crippen molar-refractivity contribution in [2.45, 2.75) is 11.1 Å². The van der Waals surface area contributed by atoms with E-state index in [2.05, 4.69) is 10.3 Å². The van der Waals surface area contributed by atoms with Crippen LogP contribution in [0.4, 0.5) is 18.9 Å². The van der Waals surface area contributed by atoms with Crippen LogP contribution in [0.25, 0.3) is 0 Å². The molecule has 0 saturated carbocycles. The van der Waals surface area contributed by atoms with Crippen LogP contribution in [-0.2, 0) is 16.0 Å². The molecule has 0 fully saturated rings. The molecule has 3 rings (SSSR count). The Morgan fingerprint density at radius 2 is 1.73 bits per heavy atom. The van der Waals surface area contributed by atoms with Gasteiger partial charge in [0.15, 0.2) is 4.91 Å². The number of pyridine rings is 1. The number of hydrogen-bond acceptors (Lipinski definition) is 6. The number of allylic oxidation sites excluding steroid dienone is 1. The lowest BCUT2D eigenvalue weighted by atomic mass is 10.3. The van der Waals surface area contributed by atoms with Gasteiger partial charge in [0.05, 0.1) is 10.5 Å². The summed E-state index contributed by atoms with van der Waals surface area (Å²) >= 11 is 11.6. The Morgan fingerprint density at radius 1 is 1.09 bits per heavy atom. The van der Waals surface area contributed by atoms with Gasteiger partial charge < -0.3 is 10.1 Å². The topological polar surface area (TPSA) is 92.1 Å². The first-order valence-electron chi connectivity index (χ1n) is 8.89. The fourth-order valence-electron chi connectivity index (χ4n) is 2.45. The van der Waals surface area contributed by atoms with E-state index in [0.29, 0.717) is 23.0 Å². The molecule has 12 heteroatoms. The highest BCUT2D eigenvalue weighted by Gasteiger charge is 2.31. The van der Waals surface area contributed by atoms with Crippen molar-refractivity contribution in [1.82, 2.24) is 4.98 Å². The average molecular weight is 514 g/mol. The summed E-state index contributed by atoms with van der Waals surface area (Å²) in [5.41, 5.74) is -0.596. The highest BCUT2D eigenvalue weighted by molar-refractivity contribution is 7.95. The van der Waals surface area contributed by atoms with E-state index in [1.54, 1.807) is 6.07 Å². The van der Waals surface area contributed by atoms with Crippen molar-refractivity contribution in [2.75, 3.05) is 5.32 Å². The molecule has 2 aromatic carbocycles. The zero-order valence-corrected chi connectivity index (χ0v) is 18.6. The number of rotatable bonds is 6. The Hall–Kier alpha value is -3.26. The molecule has 0 aliphatic carbocycles. The Morgan fingerprint density at radius 3 is 2.27 bits per heavy atom. The van der Waals surface area contributed by atoms with E-state index >= 15 is 0 Å². The van der Waals surface area contributed by atoms with E-state index < -0.39 is 26.5 Å². The van der Waals surface area contributed by atoms with E-state index in [4.69, 9.17) is 27.9 Å². The van der Waals surface area contributed by atoms with Gasteiger partial charge in [-0.2, -0.15) is 18.4 Å². The standard InChI is InChI=1S/C21H12Cl2F3N3O3S/c22-14-1-7-17(8-2-14)33(30,31)18(10-27)12-28-15-3-5-16(6-4-15)32-20-19(23)9-13(11-29-20)21(24,25)26/h1-9,11-12,28H/b18-12-. The predicted octanol–water partition coefficient (Wildman–Crippen LogP) is 6.45. The number of aromatic nitrogens is 1. The molecule has 0 unspecified atom stereocenters. The van der Waals surface area contributed by atoms with Crippen molar-refractivity contribution in [3.63, 3.8) is 0 Å². The van der Waals surface area contributed by atoms with Gasteiger partial charge in [-0.3, -0.25) is 0 Å². The molecule has 0 bridgehead atoms. The summed E-state index contributed by atoms with van der Waals surface area (Å²) < 4.78 is 68.7. The minimum atomic E-state index is -4.58. The Bertz CT molecular complexity index is 1340. The van der Waals surface area contributed by atoms with Crippen molar-refractivity contribution in [3.05, 3.63) is 87.5 Å². The molecule has 33 heavy (non-hydrogen) atoms. The first-order valence-corrected chi connectivity index (χ1v) is 11.1. The lowest BCUT2D eigenvalue weighted by molar-refractivity contribution is -0.137. The van der Waals surface area contributed by atoms with Crippen LogP contribution < -0.4 is 10.1 Å². The van der Waals surface area contributed by atoms with Crippen LogP contribution in [0.15, 0.2) is 76.8 Å². The van der Waals surface area contributed by atoms with Crippen molar-refractivity contribution in [3.8, 4) is 17.7 Å². The third-order valence-electron chi connectivity index (χ3n) is 4.10. The fraction of sp³-hybridized carbons (Fsp3) is 0.0476. The van der Waals surface area contributed by atoms with Crippen LogP contribution in [0, 0.1) is 11.3 Å². The number of nitrogens with one attached hydrogen (secondary N) is 1. The van der Waals surface area contributed by atoms with E-state index in [-0.39, 0.29) is 21.5 Å². The molecule has 0 spiro atoms. The molecule has 0 saturated heterocycles. The van der Waals surface area contributed by atoms with Crippen LogP contribution >= 0.6 is 23.2 Å². The minimum absolute atomic E-state index is 0.0915. The Labute approximate surface area is 196 Å². The Kier molecular flexibility index (Phi) is 7.17. The summed E-state index contributed by atoms with van der Waals surface area (Å²) in [6, 6.07) is 13.6. The maximum absolute atomic E-state index is 12.7. The molecule has 6 nitrogen and oxygen atoms in total. The summed E-state index contributed by atoms with van der Waals surface area (Å²) in [4.78, 5) is 2.97. The van der Waals surface area contributed by atoms with Gasteiger partial charge in [0, 0.05) is 23.1 Å². The first kappa shape index (κ1) is 24.4. The van der Waals surface area contributed by atoms with Crippen LogP contribution in [0.1, 0.15) is 5.56 Å². The maximum Gasteiger partial charge on any atom is 0.417 e. The summed E-state index contributed by atoms with van der Waals surface area (Å²) in [5.74, 6) is -0.000855. The highest BCUT2D eigenvalue weighted by atomic mass is 35.5. The number of anilines is 1. The largest absolute Gasteiger partial charge is 0.438 e. The number of nitrogens with zero attached hydrogens (tertiary/aromatic N) is 2. The number of ether oxygens (including phenoxy) is 1. The number of hydrogen-bond donors (Lipinski definition) is 1. The normalized spacial score (nSPS) is 12.2.